The van der Waals surface area contributed by atoms with Crippen molar-refractivity contribution in [1.82, 2.24) is 10.2 Å². The van der Waals surface area contributed by atoms with Gasteiger partial charge in [-0.1, -0.05) is 43.2 Å². The fourth-order valence-corrected chi connectivity index (χ4v) is 3.56. The summed E-state index contributed by atoms with van der Waals surface area (Å²) >= 11 is 0. The number of hydrogen-bond donors (Lipinski definition) is 1. The molecule has 0 bridgehead atoms. The zero-order chi connectivity index (χ0) is 18.5. The highest BCUT2D eigenvalue weighted by atomic mass is 16.5. The fraction of sp³-hybridized carbons (Fsp3) is 0.474. The Bertz CT molecular complexity index is 679. The summed E-state index contributed by atoms with van der Waals surface area (Å²) in [4.78, 5) is 49.3. The minimum Gasteiger partial charge on any atom is -0.454 e. The predicted molar refractivity (Wildman–Crippen MR) is 91.4 cm³/mol. The Morgan fingerprint density at radius 1 is 1.04 bits per heavy atom. The lowest BCUT2D eigenvalue weighted by molar-refractivity contribution is -0.154. The van der Waals surface area contributed by atoms with Gasteiger partial charge in [-0.15, -0.1) is 0 Å². The molecule has 2 atom stereocenters. The van der Waals surface area contributed by atoms with Gasteiger partial charge in [0.25, 0.3) is 5.91 Å². The van der Waals surface area contributed by atoms with E-state index in [0.29, 0.717) is 19.4 Å². The SMILES string of the molecule is O=C(COC(=O)CN1C(=O)[C@H]2CCCC[C@H]2C1=O)NCc1ccccc1. The number of ether oxygens (including phenoxy) is 1. The smallest absolute Gasteiger partial charge is 0.326 e. The van der Waals surface area contributed by atoms with Crippen molar-refractivity contribution in [2.24, 2.45) is 11.8 Å². The van der Waals surface area contributed by atoms with Crippen LogP contribution in [0.4, 0.5) is 0 Å². The van der Waals surface area contributed by atoms with Gasteiger partial charge in [0, 0.05) is 6.54 Å². The molecule has 7 heteroatoms. The van der Waals surface area contributed by atoms with Crippen molar-refractivity contribution in [3.8, 4) is 0 Å². The summed E-state index contributed by atoms with van der Waals surface area (Å²) in [5, 5.41) is 2.64. The van der Waals surface area contributed by atoms with Crippen LogP contribution in [0.5, 0.6) is 0 Å². The van der Waals surface area contributed by atoms with Gasteiger partial charge in [-0.25, -0.2) is 0 Å². The number of hydrogen-bond acceptors (Lipinski definition) is 5. The molecule has 3 amide bonds. The van der Waals surface area contributed by atoms with Gasteiger partial charge in [0.2, 0.25) is 11.8 Å². The molecule has 7 nitrogen and oxygen atoms in total. The zero-order valence-electron chi connectivity index (χ0n) is 14.5. The van der Waals surface area contributed by atoms with Crippen LogP contribution in [0.2, 0.25) is 0 Å². The van der Waals surface area contributed by atoms with E-state index in [0.717, 1.165) is 23.3 Å². The van der Waals surface area contributed by atoms with Crippen LogP contribution in [0, 0.1) is 11.8 Å². The van der Waals surface area contributed by atoms with Crippen molar-refractivity contribution in [2.75, 3.05) is 13.2 Å². The lowest BCUT2D eigenvalue weighted by Gasteiger charge is -2.19. The number of nitrogens with zero attached hydrogens (tertiary/aromatic N) is 1. The molecule has 1 aliphatic carbocycles. The van der Waals surface area contributed by atoms with E-state index in [1.165, 1.54) is 0 Å². The molecule has 0 unspecified atom stereocenters. The maximum Gasteiger partial charge on any atom is 0.326 e. The van der Waals surface area contributed by atoms with Crippen LogP contribution >= 0.6 is 0 Å². The quantitative estimate of drug-likeness (QED) is 0.605. The van der Waals surface area contributed by atoms with Gasteiger partial charge in [0.05, 0.1) is 11.8 Å². The molecule has 1 aliphatic heterocycles. The number of nitrogens with one attached hydrogen (secondary N) is 1. The molecule has 1 aromatic rings. The van der Waals surface area contributed by atoms with Crippen LogP contribution in [-0.4, -0.2) is 41.7 Å². The largest absolute Gasteiger partial charge is 0.454 e. The van der Waals surface area contributed by atoms with E-state index >= 15 is 0 Å². The lowest BCUT2D eigenvalue weighted by atomic mass is 9.81. The monoisotopic (exact) mass is 358 g/mol. The standard InChI is InChI=1S/C19H22N2O5/c22-16(20-10-13-6-2-1-3-7-13)12-26-17(23)11-21-18(24)14-8-4-5-9-15(14)19(21)25/h1-3,6-7,14-15H,4-5,8-12H2,(H,20,22)/t14-,15+. The summed E-state index contributed by atoms with van der Waals surface area (Å²) in [6, 6.07) is 9.35. The summed E-state index contributed by atoms with van der Waals surface area (Å²) in [5.74, 6) is -2.35. The van der Waals surface area contributed by atoms with Gasteiger partial charge in [-0.3, -0.25) is 24.1 Å². The first-order valence-electron chi connectivity index (χ1n) is 8.87. The second-order valence-corrected chi connectivity index (χ2v) is 6.68. The van der Waals surface area contributed by atoms with Crippen molar-refractivity contribution in [3.05, 3.63) is 35.9 Å². The molecule has 1 saturated heterocycles. The van der Waals surface area contributed by atoms with Crippen molar-refractivity contribution in [3.63, 3.8) is 0 Å². The summed E-state index contributed by atoms with van der Waals surface area (Å²) in [6.45, 7) is -0.519. The summed E-state index contributed by atoms with van der Waals surface area (Å²) in [7, 11) is 0. The van der Waals surface area contributed by atoms with Crippen LogP contribution in [0.1, 0.15) is 31.2 Å². The molecule has 2 aliphatic rings. The molecule has 0 radical (unpaired) electrons. The third-order valence-electron chi connectivity index (χ3n) is 4.92. The number of imide groups is 1. The third kappa shape index (κ3) is 4.09. The topological polar surface area (TPSA) is 92.8 Å². The van der Waals surface area contributed by atoms with Gasteiger partial charge in [-0.2, -0.15) is 0 Å². The molecule has 1 aromatic carbocycles. The Hall–Kier alpha value is -2.70. The molecule has 1 N–H and O–H groups in total. The number of esters is 1. The Labute approximate surface area is 151 Å². The van der Waals surface area contributed by atoms with Gasteiger partial charge in [-0.05, 0) is 18.4 Å². The van der Waals surface area contributed by atoms with Gasteiger partial charge < -0.3 is 10.1 Å². The number of fused-ring (bicyclic) bond motifs is 1. The first-order chi connectivity index (χ1) is 12.6. The number of carbonyl (C=O) groups excluding carboxylic acids is 4. The van der Waals surface area contributed by atoms with E-state index in [2.05, 4.69) is 5.32 Å². The van der Waals surface area contributed by atoms with Crippen LogP contribution in [0.15, 0.2) is 30.3 Å². The lowest BCUT2D eigenvalue weighted by Crippen LogP contribution is -2.38. The Morgan fingerprint density at radius 2 is 1.65 bits per heavy atom. The number of carbonyl (C=O) groups is 4. The number of amides is 3. The van der Waals surface area contributed by atoms with E-state index in [-0.39, 0.29) is 23.7 Å². The van der Waals surface area contributed by atoms with Crippen molar-refractivity contribution < 1.29 is 23.9 Å². The van der Waals surface area contributed by atoms with Crippen molar-refractivity contribution in [1.29, 1.82) is 0 Å². The van der Waals surface area contributed by atoms with Crippen molar-refractivity contribution in [2.45, 2.75) is 32.2 Å². The number of rotatable bonds is 6. The van der Waals surface area contributed by atoms with E-state index in [1.54, 1.807) is 0 Å². The average Bonchev–Trinajstić information content (AvgIpc) is 2.91. The van der Waals surface area contributed by atoms with E-state index in [4.69, 9.17) is 4.74 Å². The highest BCUT2D eigenvalue weighted by Gasteiger charge is 2.48. The summed E-state index contributed by atoms with van der Waals surface area (Å²) in [6.07, 6.45) is 3.26. The summed E-state index contributed by atoms with van der Waals surface area (Å²) < 4.78 is 4.91. The minimum absolute atomic E-state index is 0.287. The molecule has 2 fully saturated rings. The molecule has 0 aromatic heterocycles. The Morgan fingerprint density at radius 3 is 2.27 bits per heavy atom. The van der Waals surface area contributed by atoms with Gasteiger partial charge in [0.15, 0.2) is 6.61 Å². The molecule has 0 spiro atoms. The molecule has 3 rings (SSSR count). The molecule has 1 saturated carbocycles. The highest BCUT2D eigenvalue weighted by molar-refractivity contribution is 6.07. The normalized spacial score (nSPS) is 22.1. The molecular weight excluding hydrogens is 336 g/mol. The fourth-order valence-electron chi connectivity index (χ4n) is 3.56. The first-order valence-corrected chi connectivity index (χ1v) is 8.87. The van der Waals surface area contributed by atoms with Crippen LogP contribution in [0.3, 0.4) is 0 Å². The third-order valence-corrected chi connectivity index (χ3v) is 4.92. The van der Waals surface area contributed by atoms with Gasteiger partial charge in [0.1, 0.15) is 6.54 Å². The Kier molecular flexibility index (Phi) is 5.65. The number of likely N-dealkylation sites (tertiary alicyclic amines) is 1. The van der Waals surface area contributed by atoms with E-state index in [1.807, 2.05) is 30.3 Å². The van der Waals surface area contributed by atoms with Gasteiger partial charge >= 0.3 is 5.97 Å². The van der Waals surface area contributed by atoms with Crippen LogP contribution in [0.25, 0.3) is 0 Å². The molecule has 1 heterocycles. The molecule has 26 heavy (non-hydrogen) atoms. The maximum atomic E-state index is 12.3. The average molecular weight is 358 g/mol. The van der Waals surface area contributed by atoms with Crippen molar-refractivity contribution >= 4 is 23.7 Å². The second kappa shape index (κ2) is 8.12. The molecule has 138 valence electrons. The van der Waals surface area contributed by atoms with Crippen LogP contribution in [-0.2, 0) is 30.5 Å². The predicted octanol–water partition coefficient (Wildman–Crippen LogP) is 1.02. The van der Waals surface area contributed by atoms with Crippen LogP contribution < -0.4 is 5.32 Å². The second-order valence-electron chi connectivity index (χ2n) is 6.68. The summed E-state index contributed by atoms with van der Waals surface area (Å²) in [5.41, 5.74) is 0.933. The number of benzene rings is 1. The molecular formula is C19H22N2O5. The Balaban J connectivity index is 1.43. The maximum absolute atomic E-state index is 12.3. The zero-order valence-corrected chi connectivity index (χ0v) is 14.5. The van der Waals surface area contributed by atoms with E-state index < -0.39 is 25.0 Å². The highest BCUT2D eigenvalue weighted by Crippen LogP contribution is 2.37. The first kappa shape index (κ1) is 18.1. The van der Waals surface area contributed by atoms with E-state index in [9.17, 15) is 19.2 Å². The minimum atomic E-state index is -0.750.